The van der Waals surface area contributed by atoms with Gasteiger partial charge in [-0.1, -0.05) is 13.8 Å². The van der Waals surface area contributed by atoms with Gasteiger partial charge in [-0.2, -0.15) is 4.31 Å². The van der Waals surface area contributed by atoms with Crippen LogP contribution in [0.5, 0.6) is 0 Å². The SMILES string of the molecule is CCC(CC)C(=O)NCC1CCCN1S(C)(=O)=O. The molecule has 0 saturated carbocycles. The lowest BCUT2D eigenvalue weighted by molar-refractivity contribution is -0.125. The molecule has 1 amide bonds. The molecule has 0 aromatic rings. The number of nitrogens with one attached hydrogen (secondary N) is 1. The highest BCUT2D eigenvalue weighted by Crippen LogP contribution is 2.19. The Kier molecular flexibility index (Phi) is 5.59. The van der Waals surface area contributed by atoms with Crippen LogP contribution in [0.25, 0.3) is 0 Å². The Balaban J connectivity index is 2.51. The Hall–Kier alpha value is -0.620. The van der Waals surface area contributed by atoms with Crippen LogP contribution in [0.3, 0.4) is 0 Å². The monoisotopic (exact) mass is 276 g/mol. The van der Waals surface area contributed by atoms with E-state index in [1.807, 2.05) is 13.8 Å². The lowest BCUT2D eigenvalue weighted by Gasteiger charge is -2.23. The van der Waals surface area contributed by atoms with Crippen molar-refractivity contribution in [3.05, 3.63) is 0 Å². The summed E-state index contributed by atoms with van der Waals surface area (Å²) in [4.78, 5) is 11.8. The molecule has 0 radical (unpaired) electrons. The molecular weight excluding hydrogens is 252 g/mol. The summed E-state index contributed by atoms with van der Waals surface area (Å²) < 4.78 is 24.6. The molecule has 1 fully saturated rings. The highest BCUT2D eigenvalue weighted by atomic mass is 32.2. The van der Waals surface area contributed by atoms with Crippen LogP contribution in [0, 0.1) is 5.92 Å². The second-order valence-electron chi connectivity index (χ2n) is 4.93. The Morgan fingerprint density at radius 2 is 2.00 bits per heavy atom. The standard InChI is InChI=1S/C12H24N2O3S/c1-4-10(5-2)12(15)13-9-11-7-6-8-14(11)18(3,16)17/h10-11H,4-9H2,1-3H3,(H,13,15). The number of hydrogen-bond acceptors (Lipinski definition) is 3. The van der Waals surface area contributed by atoms with Crippen LogP contribution in [-0.2, 0) is 14.8 Å². The van der Waals surface area contributed by atoms with Gasteiger partial charge in [0.05, 0.1) is 6.26 Å². The van der Waals surface area contributed by atoms with Crippen LogP contribution in [0.2, 0.25) is 0 Å². The fourth-order valence-electron chi connectivity index (χ4n) is 2.47. The lowest BCUT2D eigenvalue weighted by Crippen LogP contribution is -2.44. The van der Waals surface area contributed by atoms with Crippen molar-refractivity contribution in [3.8, 4) is 0 Å². The number of nitrogens with zero attached hydrogens (tertiary/aromatic N) is 1. The molecule has 0 aromatic carbocycles. The fraction of sp³-hybridized carbons (Fsp3) is 0.917. The van der Waals surface area contributed by atoms with Crippen molar-refractivity contribution in [2.75, 3.05) is 19.3 Å². The molecule has 1 unspecified atom stereocenters. The largest absolute Gasteiger partial charge is 0.354 e. The quantitative estimate of drug-likeness (QED) is 0.786. The first-order valence-electron chi connectivity index (χ1n) is 6.64. The summed E-state index contributed by atoms with van der Waals surface area (Å²) in [5, 5.41) is 2.88. The van der Waals surface area contributed by atoms with E-state index in [0.717, 1.165) is 25.7 Å². The van der Waals surface area contributed by atoms with Gasteiger partial charge in [0.1, 0.15) is 0 Å². The Labute approximate surface area is 110 Å². The van der Waals surface area contributed by atoms with E-state index in [9.17, 15) is 13.2 Å². The van der Waals surface area contributed by atoms with E-state index < -0.39 is 10.0 Å². The van der Waals surface area contributed by atoms with Gasteiger partial charge >= 0.3 is 0 Å². The predicted octanol–water partition coefficient (Wildman–Crippen LogP) is 0.963. The number of rotatable bonds is 6. The maximum absolute atomic E-state index is 11.8. The third-order valence-corrected chi connectivity index (χ3v) is 4.95. The van der Waals surface area contributed by atoms with Crippen molar-refractivity contribution in [2.24, 2.45) is 5.92 Å². The molecule has 1 rings (SSSR count). The molecule has 1 saturated heterocycles. The number of amides is 1. The molecule has 1 aliphatic heterocycles. The number of carbonyl (C=O) groups is 1. The summed E-state index contributed by atoms with van der Waals surface area (Å²) in [7, 11) is -3.15. The summed E-state index contributed by atoms with van der Waals surface area (Å²) >= 11 is 0. The predicted molar refractivity (Wildman–Crippen MR) is 71.7 cm³/mol. The highest BCUT2D eigenvalue weighted by Gasteiger charge is 2.31. The zero-order chi connectivity index (χ0) is 13.8. The average Bonchev–Trinajstić information content (AvgIpc) is 2.75. The minimum absolute atomic E-state index is 0.0399. The third kappa shape index (κ3) is 3.95. The number of carbonyl (C=O) groups excluding carboxylic acids is 1. The Morgan fingerprint density at radius 1 is 1.39 bits per heavy atom. The molecule has 1 N–H and O–H groups in total. The van der Waals surface area contributed by atoms with Gasteiger partial charge in [-0.25, -0.2) is 8.42 Å². The molecule has 0 bridgehead atoms. The summed E-state index contributed by atoms with van der Waals surface area (Å²) in [5.41, 5.74) is 0. The van der Waals surface area contributed by atoms with Gasteiger partial charge in [-0.3, -0.25) is 4.79 Å². The third-order valence-electron chi connectivity index (χ3n) is 3.62. The summed E-state index contributed by atoms with van der Waals surface area (Å²) in [6, 6.07) is -0.0710. The van der Waals surface area contributed by atoms with E-state index in [1.54, 1.807) is 0 Å². The van der Waals surface area contributed by atoms with Crippen LogP contribution in [0.15, 0.2) is 0 Å². The van der Waals surface area contributed by atoms with Gasteiger partial charge in [-0.15, -0.1) is 0 Å². The van der Waals surface area contributed by atoms with Gasteiger partial charge in [-0.05, 0) is 25.7 Å². The van der Waals surface area contributed by atoms with Crippen molar-refractivity contribution < 1.29 is 13.2 Å². The van der Waals surface area contributed by atoms with E-state index in [0.29, 0.717) is 13.1 Å². The van der Waals surface area contributed by atoms with E-state index in [2.05, 4.69) is 5.32 Å². The molecule has 0 aliphatic carbocycles. The van der Waals surface area contributed by atoms with Crippen LogP contribution in [0.1, 0.15) is 39.5 Å². The molecule has 6 heteroatoms. The van der Waals surface area contributed by atoms with Gasteiger partial charge in [0.2, 0.25) is 15.9 Å². The van der Waals surface area contributed by atoms with Crippen LogP contribution in [-0.4, -0.2) is 44.0 Å². The molecule has 5 nitrogen and oxygen atoms in total. The zero-order valence-electron chi connectivity index (χ0n) is 11.5. The van der Waals surface area contributed by atoms with Crippen molar-refractivity contribution in [1.82, 2.24) is 9.62 Å². The Bertz CT molecular complexity index is 377. The second kappa shape index (κ2) is 6.52. The minimum atomic E-state index is -3.15. The van der Waals surface area contributed by atoms with Crippen molar-refractivity contribution >= 4 is 15.9 Å². The molecular formula is C12H24N2O3S. The number of sulfonamides is 1. The molecule has 106 valence electrons. The van der Waals surface area contributed by atoms with Gasteiger partial charge in [0.25, 0.3) is 0 Å². The molecule has 1 heterocycles. The van der Waals surface area contributed by atoms with Crippen molar-refractivity contribution in [2.45, 2.75) is 45.6 Å². The van der Waals surface area contributed by atoms with Crippen LogP contribution >= 0.6 is 0 Å². The summed E-state index contributed by atoms with van der Waals surface area (Å²) in [6.07, 6.45) is 4.58. The number of hydrogen-bond donors (Lipinski definition) is 1. The smallest absolute Gasteiger partial charge is 0.223 e. The van der Waals surface area contributed by atoms with Crippen molar-refractivity contribution in [3.63, 3.8) is 0 Å². The molecule has 1 atom stereocenters. The minimum Gasteiger partial charge on any atom is -0.354 e. The normalized spacial score (nSPS) is 21.4. The maximum atomic E-state index is 11.8. The van der Waals surface area contributed by atoms with Gasteiger partial charge in [0, 0.05) is 25.0 Å². The van der Waals surface area contributed by atoms with Gasteiger partial charge in [0.15, 0.2) is 0 Å². The van der Waals surface area contributed by atoms with E-state index in [1.165, 1.54) is 10.6 Å². The van der Waals surface area contributed by atoms with Crippen LogP contribution < -0.4 is 5.32 Å². The zero-order valence-corrected chi connectivity index (χ0v) is 12.3. The Morgan fingerprint density at radius 3 is 2.50 bits per heavy atom. The van der Waals surface area contributed by atoms with E-state index in [4.69, 9.17) is 0 Å². The first-order valence-corrected chi connectivity index (χ1v) is 8.49. The lowest BCUT2D eigenvalue weighted by atomic mass is 10.0. The first-order chi connectivity index (χ1) is 8.40. The van der Waals surface area contributed by atoms with E-state index in [-0.39, 0.29) is 17.9 Å². The second-order valence-corrected chi connectivity index (χ2v) is 6.86. The van der Waals surface area contributed by atoms with E-state index >= 15 is 0 Å². The summed E-state index contributed by atoms with van der Waals surface area (Å²) in [5.74, 6) is 0.0819. The van der Waals surface area contributed by atoms with Crippen LogP contribution in [0.4, 0.5) is 0 Å². The van der Waals surface area contributed by atoms with Crippen molar-refractivity contribution in [1.29, 1.82) is 0 Å². The summed E-state index contributed by atoms with van der Waals surface area (Å²) in [6.45, 7) is 4.99. The molecule has 1 aliphatic rings. The molecule has 18 heavy (non-hydrogen) atoms. The highest BCUT2D eigenvalue weighted by molar-refractivity contribution is 7.88. The van der Waals surface area contributed by atoms with Gasteiger partial charge < -0.3 is 5.32 Å². The average molecular weight is 276 g/mol. The first kappa shape index (κ1) is 15.4. The molecule has 0 spiro atoms. The maximum Gasteiger partial charge on any atom is 0.223 e. The topological polar surface area (TPSA) is 66.5 Å². The molecule has 0 aromatic heterocycles. The fourth-order valence-corrected chi connectivity index (χ4v) is 3.65.